The average molecular weight is 446 g/mol. The van der Waals surface area contributed by atoms with Gasteiger partial charge in [0.25, 0.3) is 0 Å². The van der Waals surface area contributed by atoms with Gasteiger partial charge in [-0.25, -0.2) is 9.50 Å². The molecule has 0 spiro atoms. The first-order chi connectivity index (χ1) is 16.1. The molecule has 1 N–H and O–H groups in total. The van der Waals surface area contributed by atoms with Crippen molar-refractivity contribution in [1.82, 2.24) is 24.8 Å². The number of aryl methyl sites for hydroxylation is 2. The Morgan fingerprint density at radius 3 is 2.73 bits per heavy atom. The number of carbonyl (C=O) groups excluding carboxylic acids is 1. The van der Waals surface area contributed by atoms with Crippen LogP contribution in [0.4, 0.5) is 0 Å². The van der Waals surface area contributed by atoms with E-state index in [2.05, 4.69) is 23.2 Å². The van der Waals surface area contributed by atoms with E-state index in [1.807, 2.05) is 41.8 Å². The maximum Gasteiger partial charge on any atom is 0.220 e. The van der Waals surface area contributed by atoms with Gasteiger partial charge in [-0.15, -0.1) is 0 Å². The molecule has 1 amide bonds. The van der Waals surface area contributed by atoms with Gasteiger partial charge in [0.1, 0.15) is 5.76 Å². The maximum atomic E-state index is 12.8. The highest BCUT2D eigenvalue weighted by atomic mass is 16.3. The molecule has 0 saturated carbocycles. The lowest BCUT2D eigenvalue weighted by Crippen LogP contribution is -2.40. The number of hydrogen-bond donors (Lipinski definition) is 1. The summed E-state index contributed by atoms with van der Waals surface area (Å²) in [5.41, 5.74) is 4.90. The number of rotatable bonds is 7. The Hall–Kier alpha value is -3.19. The Balaban J connectivity index is 1.27. The van der Waals surface area contributed by atoms with Crippen molar-refractivity contribution in [2.45, 2.75) is 52.0 Å². The third-order valence-electron chi connectivity index (χ3n) is 6.82. The molecule has 7 heteroatoms. The quantitative estimate of drug-likeness (QED) is 0.457. The van der Waals surface area contributed by atoms with Crippen LogP contribution in [0.1, 0.15) is 54.4 Å². The Labute approximate surface area is 193 Å². The maximum absolute atomic E-state index is 12.8. The Kier molecular flexibility index (Phi) is 6.13. The van der Waals surface area contributed by atoms with E-state index < -0.39 is 0 Å². The van der Waals surface area contributed by atoms with Gasteiger partial charge in [-0.05, 0) is 76.0 Å². The highest BCUT2D eigenvalue weighted by Gasteiger charge is 2.25. The number of hydrogen-bond acceptors (Lipinski definition) is 5. The molecule has 1 saturated heterocycles. The standard InChI is InChI=1S/C26H31N5O2/c1-18-20(19(2)31-26(28-18)21-9-4-5-10-22(21)29-31)12-13-25(32)27-17-23(24-11-8-16-33-24)30-14-6-3-7-15-30/h4-5,8-11,16,23H,3,6-7,12-15,17H2,1-2H3,(H,27,32). The molecule has 5 rings (SSSR count). The second-order valence-corrected chi connectivity index (χ2v) is 8.95. The molecule has 1 atom stereocenters. The lowest BCUT2D eigenvalue weighted by Gasteiger charge is -2.33. The van der Waals surface area contributed by atoms with Crippen LogP contribution in [0.25, 0.3) is 16.6 Å². The fourth-order valence-corrected chi connectivity index (χ4v) is 5.00. The predicted octanol–water partition coefficient (Wildman–Crippen LogP) is 4.37. The number of likely N-dealkylation sites (tertiary alicyclic amines) is 1. The third kappa shape index (κ3) is 4.37. The van der Waals surface area contributed by atoms with Crippen molar-refractivity contribution in [2.75, 3.05) is 19.6 Å². The first-order valence-corrected chi connectivity index (χ1v) is 11.9. The first kappa shape index (κ1) is 21.6. The van der Waals surface area contributed by atoms with Crippen LogP contribution in [0, 0.1) is 13.8 Å². The topological polar surface area (TPSA) is 75.7 Å². The van der Waals surface area contributed by atoms with E-state index in [-0.39, 0.29) is 11.9 Å². The van der Waals surface area contributed by atoms with Crippen molar-refractivity contribution < 1.29 is 9.21 Å². The van der Waals surface area contributed by atoms with Gasteiger partial charge >= 0.3 is 0 Å². The van der Waals surface area contributed by atoms with Gasteiger partial charge in [0, 0.05) is 29.7 Å². The number of amides is 1. The fourth-order valence-electron chi connectivity index (χ4n) is 5.00. The molecule has 4 heterocycles. The minimum absolute atomic E-state index is 0.0492. The van der Waals surface area contributed by atoms with Crippen LogP contribution in [-0.4, -0.2) is 45.0 Å². The van der Waals surface area contributed by atoms with E-state index in [9.17, 15) is 4.79 Å². The van der Waals surface area contributed by atoms with Crippen molar-refractivity contribution in [1.29, 1.82) is 0 Å². The fraction of sp³-hybridized carbons (Fsp3) is 0.423. The SMILES string of the molecule is Cc1nc2c3ccccc3nn2c(C)c1CCC(=O)NCC(c1ccco1)N1CCCCC1. The molecule has 1 aliphatic heterocycles. The van der Waals surface area contributed by atoms with Crippen molar-refractivity contribution in [3.05, 3.63) is 65.4 Å². The second kappa shape index (κ2) is 9.35. The summed E-state index contributed by atoms with van der Waals surface area (Å²) in [5.74, 6) is 0.970. The molecule has 0 bridgehead atoms. The number of aromatic nitrogens is 3. The van der Waals surface area contributed by atoms with Gasteiger partial charge in [-0.3, -0.25) is 9.69 Å². The minimum Gasteiger partial charge on any atom is -0.468 e. The number of nitrogens with zero attached hydrogens (tertiary/aromatic N) is 4. The van der Waals surface area contributed by atoms with Gasteiger partial charge in [0.2, 0.25) is 5.91 Å². The van der Waals surface area contributed by atoms with E-state index in [1.165, 1.54) is 19.3 Å². The van der Waals surface area contributed by atoms with Crippen LogP contribution < -0.4 is 5.32 Å². The predicted molar refractivity (Wildman–Crippen MR) is 128 cm³/mol. The summed E-state index contributed by atoms with van der Waals surface area (Å²) in [7, 11) is 0. The van der Waals surface area contributed by atoms with Gasteiger partial charge in [-0.1, -0.05) is 18.6 Å². The van der Waals surface area contributed by atoms with Gasteiger partial charge < -0.3 is 9.73 Å². The zero-order valence-electron chi connectivity index (χ0n) is 19.4. The third-order valence-corrected chi connectivity index (χ3v) is 6.82. The van der Waals surface area contributed by atoms with E-state index in [4.69, 9.17) is 14.5 Å². The van der Waals surface area contributed by atoms with E-state index in [1.54, 1.807) is 6.26 Å². The molecular formula is C26H31N5O2. The summed E-state index contributed by atoms with van der Waals surface area (Å²) < 4.78 is 7.61. The van der Waals surface area contributed by atoms with Crippen LogP contribution in [0.3, 0.4) is 0 Å². The molecule has 0 aliphatic carbocycles. The van der Waals surface area contributed by atoms with Crippen LogP contribution in [0.2, 0.25) is 0 Å². The van der Waals surface area contributed by atoms with E-state index in [0.29, 0.717) is 19.4 Å². The monoisotopic (exact) mass is 445 g/mol. The molecule has 0 radical (unpaired) electrons. The summed E-state index contributed by atoms with van der Waals surface area (Å²) in [4.78, 5) is 20.0. The number of carbonyl (C=O) groups is 1. The second-order valence-electron chi connectivity index (χ2n) is 8.95. The van der Waals surface area contributed by atoms with E-state index >= 15 is 0 Å². The van der Waals surface area contributed by atoms with Crippen LogP contribution in [-0.2, 0) is 11.2 Å². The summed E-state index contributed by atoms with van der Waals surface area (Å²) in [6.45, 7) is 6.73. The lowest BCUT2D eigenvalue weighted by molar-refractivity contribution is -0.121. The number of furan rings is 1. The van der Waals surface area contributed by atoms with Crippen LogP contribution in [0.5, 0.6) is 0 Å². The zero-order chi connectivity index (χ0) is 22.8. The smallest absolute Gasteiger partial charge is 0.220 e. The summed E-state index contributed by atoms with van der Waals surface area (Å²) in [5, 5.41) is 8.92. The molecule has 3 aromatic heterocycles. The molecule has 1 fully saturated rings. The molecule has 1 aromatic carbocycles. The molecule has 7 nitrogen and oxygen atoms in total. The minimum atomic E-state index is 0.0492. The van der Waals surface area contributed by atoms with Gasteiger partial charge in [0.05, 0.1) is 17.8 Å². The normalized spacial score (nSPS) is 15.8. The molecule has 1 aliphatic rings. The highest BCUT2D eigenvalue weighted by Crippen LogP contribution is 2.25. The molecule has 172 valence electrons. The van der Waals surface area contributed by atoms with Crippen LogP contribution in [0.15, 0.2) is 47.1 Å². The van der Waals surface area contributed by atoms with Crippen molar-refractivity contribution in [2.24, 2.45) is 0 Å². The molecule has 33 heavy (non-hydrogen) atoms. The first-order valence-electron chi connectivity index (χ1n) is 11.9. The van der Waals surface area contributed by atoms with Crippen molar-refractivity contribution in [3.63, 3.8) is 0 Å². The summed E-state index contributed by atoms with van der Waals surface area (Å²) >= 11 is 0. The number of piperidine rings is 1. The average Bonchev–Trinajstić information content (AvgIpc) is 3.49. The van der Waals surface area contributed by atoms with Crippen molar-refractivity contribution >= 4 is 22.5 Å². The Morgan fingerprint density at radius 1 is 1.12 bits per heavy atom. The largest absolute Gasteiger partial charge is 0.468 e. The number of benzene rings is 1. The van der Waals surface area contributed by atoms with Gasteiger partial charge in [0.15, 0.2) is 5.65 Å². The summed E-state index contributed by atoms with van der Waals surface area (Å²) in [6.07, 6.45) is 6.43. The Bertz CT molecular complexity index is 1250. The lowest BCUT2D eigenvalue weighted by atomic mass is 10.1. The summed E-state index contributed by atoms with van der Waals surface area (Å²) in [6, 6.07) is 12.1. The van der Waals surface area contributed by atoms with Crippen LogP contribution >= 0.6 is 0 Å². The number of nitrogens with one attached hydrogen (secondary N) is 1. The van der Waals surface area contributed by atoms with Gasteiger partial charge in [-0.2, -0.15) is 5.10 Å². The molecule has 1 unspecified atom stereocenters. The molecule has 4 aromatic rings. The highest BCUT2D eigenvalue weighted by molar-refractivity contribution is 5.92. The zero-order valence-corrected chi connectivity index (χ0v) is 19.4. The molecular weight excluding hydrogens is 414 g/mol. The Morgan fingerprint density at radius 2 is 1.94 bits per heavy atom. The van der Waals surface area contributed by atoms with E-state index in [0.717, 1.165) is 52.4 Å². The van der Waals surface area contributed by atoms with Crippen molar-refractivity contribution in [3.8, 4) is 0 Å². The number of fused-ring (bicyclic) bond motifs is 3.